The highest BCUT2D eigenvalue weighted by molar-refractivity contribution is 9.13. The fraction of sp³-hybridized carbons (Fsp3) is 0.583. The molecule has 3 unspecified atom stereocenters. The van der Waals surface area contributed by atoms with Crippen molar-refractivity contribution in [3.8, 4) is 0 Å². The second-order valence-electron chi connectivity index (χ2n) is 3.95. The third kappa shape index (κ3) is 3.71. The predicted molar refractivity (Wildman–Crippen MR) is 94.9 cm³/mol. The monoisotopic (exact) mass is 553 g/mol. The van der Waals surface area contributed by atoms with Crippen molar-refractivity contribution in [3.63, 3.8) is 0 Å². The summed E-state index contributed by atoms with van der Waals surface area (Å²) in [4.78, 5) is 0.710. The van der Waals surface area contributed by atoms with Crippen LogP contribution in [0.15, 0.2) is 20.6 Å². The molecule has 0 amide bonds. The second kappa shape index (κ2) is 7.05. The molecule has 0 saturated heterocycles. The van der Waals surface area contributed by atoms with E-state index in [0.717, 1.165) is 21.8 Å². The molecule has 0 aromatic rings. The van der Waals surface area contributed by atoms with E-state index >= 15 is 0 Å². The molecule has 0 bridgehead atoms. The van der Waals surface area contributed by atoms with Gasteiger partial charge in [0.15, 0.2) is 0 Å². The SMILES string of the molecule is CCC(Br)C1=C(Br)C=C(Br)[CH]C1(Br)C(Br)CC. The Morgan fingerprint density at radius 3 is 2.24 bits per heavy atom. The molecule has 1 aliphatic carbocycles. The molecule has 1 radical (unpaired) electrons. The van der Waals surface area contributed by atoms with Crippen LogP contribution in [0.2, 0.25) is 0 Å². The zero-order chi connectivity index (χ0) is 13.2. The highest BCUT2D eigenvalue weighted by Gasteiger charge is 2.43. The lowest BCUT2D eigenvalue weighted by molar-refractivity contribution is 0.683. The Hall–Kier alpha value is 1.88. The Bertz CT molecular complexity index is 347. The van der Waals surface area contributed by atoms with Crippen LogP contribution in [-0.4, -0.2) is 14.0 Å². The van der Waals surface area contributed by atoms with E-state index in [0.29, 0.717) is 9.65 Å². The maximum Gasteiger partial charge on any atom is 0.0695 e. The fourth-order valence-corrected chi connectivity index (χ4v) is 6.85. The van der Waals surface area contributed by atoms with E-state index in [4.69, 9.17) is 0 Å². The quantitative estimate of drug-likeness (QED) is 0.341. The van der Waals surface area contributed by atoms with Crippen molar-refractivity contribution in [1.29, 1.82) is 0 Å². The third-order valence-corrected chi connectivity index (χ3v) is 8.18. The smallest absolute Gasteiger partial charge is 0.0695 e. The minimum absolute atomic E-state index is 0.154. The molecule has 17 heavy (non-hydrogen) atoms. The van der Waals surface area contributed by atoms with E-state index in [-0.39, 0.29) is 4.32 Å². The maximum atomic E-state index is 3.92. The lowest BCUT2D eigenvalue weighted by Crippen LogP contribution is -2.39. The largest absolute Gasteiger partial charge is 0.0872 e. The first-order valence-corrected chi connectivity index (χ1v) is 9.68. The van der Waals surface area contributed by atoms with Crippen LogP contribution >= 0.6 is 79.6 Å². The van der Waals surface area contributed by atoms with Gasteiger partial charge in [0.2, 0.25) is 0 Å². The van der Waals surface area contributed by atoms with Crippen LogP contribution < -0.4 is 0 Å². The van der Waals surface area contributed by atoms with Crippen LogP contribution in [0.4, 0.5) is 0 Å². The number of alkyl halides is 3. The topological polar surface area (TPSA) is 0 Å². The molecular formula is C12H14Br5. The Balaban J connectivity index is 3.26. The first kappa shape index (κ1) is 16.9. The van der Waals surface area contributed by atoms with Gasteiger partial charge in [-0.3, -0.25) is 0 Å². The van der Waals surface area contributed by atoms with Gasteiger partial charge in [-0.25, -0.2) is 0 Å². The Morgan fingerprint density at radius 1 is 1.18 bits per heavy atom. The van der Waals surface area contributed by atoms with Crippen molar-refractivity contribution >= 4 is 79.6 Å². The predicted octanol–water partition coefficient (Wildman–Crippen LogP) is 6.61. The van der Waals surface area contributed by atoms with E-state index < -0.39 is 0 Å². The number of halogens is 5. The molecule has 0 aromatic carbocycles. The minimum Gasteiger partial charge on any atom is -0.0872 e. The van der Waals surface area contributed by atoms with Crippen molar-refractivity contribution in [2.24, 2.45) is 0 Å². The normalized spacial score (nSPS) is 29.0. The highest BCUT2D eigenvalue weighted by Crippen LogP contribution is 2.50. The third-order valence-electron chi connectivity index (χ3n) is 2.77. The van der Waals surface area contributed by atoms with Gasteiger partial charge in [0.05, 0.1) is 4.32 Å². The zero-order valence-electron chi connectivity index (χ0n) is 9.61. The summed E-state index contributed by atoms with van der Waals surface area (Å²) in [6.45, 7) is 4.37. The molecule has 0 spiro atoms. The average Bonchev–Trinajstić information content (AvgIpc) is 2.26. The maximum absolute atomic E-state index is 3.92. The van der Waals surface area contributed by atoms with Gasteiger partial charge < -0.3 is 0 Å². The molecular weight excluding hydrogens is 544 g/mol. The first-order valence-electron chi connectivity index (χ1n) is 5.47. The van der Waals surface area contributed by atoms with Crippen LogP contribution in [0.25, 0.3) is 0 Å². The van der Waals surface area contributed by atoms with Crippen LogP contribution in [0.1, 0.15) is 26.7 Å². The van der Waals surface area contributed by atoms with Crippen LogP contribution in [0, 0.1) is 6.42 Å². The van der Waals surface area contributed by atoms with Crippen molar-refractivity contribution in [2.75, 3.05) is 0 Å². The summed E-state index contributed by atoms with van der Waals surface area (Å²) in [6.07, 6.45) is 6.43. The number of rotatable bonds is 4. The molecule has 1 rings (SSSR count). The van der Waals surface area contributed by atoms with E-state index in [1.807, 2.05) is 0 Å². The Labute approximate surface area is 146 Å². The summed E-state index contributed by atoms with van der Waals surface area (Å²) in [5.74, 6) is 0. The van der Waals surface area contributed by atoms with Gasteiger partial charge in [0, 0.05) is 25.0 Å². The molecule has 97 valence electrons. The molecule has 3 atom stereocenters. The molecule has 0 saturated carbocycles. The summed E-state index contributed by atoms with van der Waals surface area (Å²) in [6, 6.07) is 0. The number of allylic oxidation sites excluding steroid dienone is 4. The van der Waals surface area contributed by atoms with Gasteiger partial charge in [-0.05, 0) is 24.5 Å². The Kier molecular flexibility index (Phi) is 7.02. The van der Waals surface area contributed by atoms with Gasteiger partial charge in [0.25, 0.3) is 0 Å². The fourth-order valence-electron chi connectivity index (χ4n) is 1.85. The molecule has 1 aliphatic rings. The van der Waals surface area contributed by atoms with Gasteiger partial charge >= 0.3 is 0 Å². The van der Waals surface area contributed by atoms with Gasteiger partial charge in [-0.2, -0.15) is 0 Å². The van der Waals surface area contributed by atoms with Gasteiger partial charge in [0.1, 0.15) is 0 Å². The molecule has 0 nitrogen and oxygen atoms in total. The molecule has 0 aliphatic heterocycles. The van der Waals surface area contributed by atoms with Gasteiger partial charge in [-0.1, -0.05) is 93.5 Å². The van der Waals surface area contributed by atoms with E-state index in [1.54, 1.807) is 0 Å². The average molecular weight is 558 g/mol. The molecule has 0 aromatic heterocycles. The van der Waals surface area contributed by atoms with Crippen LogP contribution in [-0.2, 0) is 0 Å². The zero-order valence-corrected chi connectivity index (χ0v) is 17.5. The molecule has 5 heteroatoms. The molecule has 0 heterocycles. The Morgan fingerprint density at radius 2 is 1.76 bits per heavy atom. The van der Waals surface area contributed by atoms with E-state index in [1.165, 1.54) is 5.57 Å². The second-order valence-corrected chi connectivity index (χ2v) is 9.25. The first-order chi connectivity index (χ1) is 7.86. The van der Waals surface area contributed by atoms with Crippen molar-refractivity contribution in [1.82, 2.24) is 0 Å². The van der Waals surface area contributed by atoms with Gasteiger partial charge in [-0.15, -0.1) is 0 Å². The van der Waals surface area contributed by atoms with Crippen molar-refractivity contribution < 1.29 is 0 Å². The lowest BCUT2D eigenvalue weighted by Gasteiger charge is -2.39. The minimum atomic E-state index is -0.154. The number of hydrogen-bond donors (Lipinski definition) is 0. The molecule has 0 fully saturated rings. The summed E-state index contributed by atoms with van der Waals surface area (Å²) in [5, 5.41) is 0. The number of hydrogen-bond acceptors (Lipinski definition) is 0. The van der Waals surface area contributed by atoms with Crippen LogP contribution in [0.5, 0.6) is 0 Å². The summed E-state index contributed by atoms with van der Waals surface area (Å²) in [7, 11) is 0. The standard InChI is InChI=1S/C12H14Br5/c1-3-8(14)11-9(15)5-7(13)6-12(11,17)10(16)4-2/h5-6,8,10H,3-4H2,1-2H3. The summed E-state index contributed by atoms with van der Waals surface area (Å²) >= 11 is 18.7. The van der Waals surface area contributed by atoms with Crippen molar-refractivity contribution in [2.45, 2.75) is 40.7 Å². The molecule has 0 N–H and O–H groups in total. The summed E-state index contributed by atoms with van der Waals surface area (Å²) < 4.78 is 2.09. The van der Waals surface area contributed by atoms with E-state index in [9.17, 15) is 0 Å². The van der Waals surface area contributed by atoms with Crippen LogP contribution in [0.3, 0.4) is 0 Å². The van der Waals surface area contributed by atoms with Crippen molar-refractivity contribution in [3.05, 3.63) is 27.0 Å². The summed E-state index contributed by atoms with van der Waals surface area (Å²) in [5.41, 5.74) is 1.34. The highest BCUT2D eigenvalue weighted by atomic mass is 79.9. The lowest BCUT2D eigenvalue weighted by atomic mass is 9.85. The van der Waals surface area contributed by atoms with E-state index in [2.05, 4.69) is 106 Å².